The number of amides is 1. The summed E-state index contributed by atoms with van der Waals surface area (Å²) in [7, 11) is 0. The van der Waals surface area contributed by atoms with Crippen LogP contribution >= 0.6 is 0 Å². The summed E-state index contributed by atoms with van der Waals surface area (Å²) in [5.41, 5.74) is 0.681. The van der Waals surface area contributed by atoms with E-state index in [4.69, 9.17) is 5.26 Å². The number of aromatic nitrogens is 3. The Labute approximate surface area is 128 Å². The minimum atomic E-state index is -0.217. The van der Waals surface area contributed by atoms with E-state index in [2.05, 4.69) is 21.4 Å². The lowest BCUT2D eigenvalue weighted by Crippen LogP contribution is -2.36. The molecule has 1 aliphatic carbocycles. The van der Waals surface area contributed by atoms with Crippen LogP contribution in [0.15, 0.2) is 30.9 Å². The van der Waals surface area contributed by atoms with Crippen molar-refractivity contribution in [3.63, 3.8) is 0 Å². The van der Waals surface area contributed by atoms with E-state index in [0.29, 0.717) is 11.4 Å². The van der Waals surface area contributed by atoms with E-state index in [9.17, 15) is 4.79 Å². The van der Waals surface area contributed by atoms with Crippen LogP contribution in [0.4, 0.5) is 0 Å². The van der Waals surface area contributed by atoms with E-state index in [1.165, 1.54) is 12.5 Å². The zero-order valence-corrected chi connectivity index (χ0v) is 12.2. The number of carbonyl (C=O) groups is 1. The molecule has 3 rings (SSSR count). The first-order chi connectivity index (χ1) is 10.8. The molecule has 1 N–H and O–H groups in total. The maximum Gasteiger partial charge on any atom is 0.270 e. The Hall–Kier alpha value is -2.68. The molecule has 2 aromatic heterocycles. The number of carbonyl (C=O) groups excluding carboxylic acids is 1. The molecule has 0 bridgehead atoms. The predicted octanol–water partition coefficient (Wildman–Crippen LogP) is 2.20. The fourth-order valence-corrected chi connectivity index (χ4v) is 2.73. The van der Waals surface area contributed by atoms with Gasteiger partial charge in [-0.05, 0) is 25.0 Å². The van der Waals surface area contributed by atoms with E-state index in [0.717, 1.165) is 25.7 Å². The third kappa shape index (κ3) is 3.14. The average molecular weight is 295 g/mol. The van der Waals surface area contributed by atoms with Gasteiger partial charge in [-0.15, -0.1) is 0 Å². The molecule has 0 unspecified atom stereocenters. The van der Waals surface area contributed by atoms with Crippen molar-refractivity contribution in [2.75, 3.05) is 0 Å². The molecular weight excluding hydrogens is 278 g/mol. The number of nitriles is 1. The third-order valence-electron chi connectivity index (χ3n) is 3.88. The fourth-order valence-electron chi connectivity index (χ4n) is 2.73. The highest BCUT2D eigenvalue weighted by atomic mass is 16.1. The standard InChI is InChI=1S/C16H17N5O/c17-10-12-8-14(16(22)19-13-4-2-1-3-5-13)20-15(9-12)21-7-6-18-11-21/h6-9,11,13H,1-5H2,(H,19,22). The number of hydrogen-bond donors (Lipinski definition) is 1. The largest absolute Gasteiger partial charge is 0.348 e. The number of rotatable bonds is 3. The smallest absolute Gasteiger partial charge is 0.270 e. The first kappa shape index (κ1) is 14.3. The Morgan fingerprint density at radius 2 is 2.14 bits per heavy atom. The molecule has 2 heterocycles. The summed E-state index contributed by atoms with van der Waals surface area (Å²) in [4.78, 5) is 20.7. The van der Waals surface area contributed by atoms with Crippen molar-refractivity contribution in [1.29, 1.82) is 5.26 Å². The lowest BCUT2D eigenvalue weighted by atomic mass is 9.95. The maximum absolute atomic E-state index is 12.4. The van der Waals surface area contributed by atoms with E-state index in [1.54, 1.807) is 29.4 Å². The summed E-state index contributed by atoms with van der Waals surface area (Å²) < 4.78 is 1.68. The Morgan fingerprint density at radius 1 is 1.32 bits per heavy atom. The summed E-state index contributed by atoms with van der Waals surface area (Å²) >= 11 is 0. The summed E-state index contributed by atoms with van der Waals surface area (Å²) in [6.07, 6.45) is 10.5. The molecule has 1 fully saturated rings. The van der Waals surface area contributed by atoms with Crippen LogP contribution in [-0.4, -0.2) is 26.5 Å². The highest BCUT2D eigenvalue weighted by molar-refractivity contribution is 5.93. The Bertz CT molecular complexity index is 696. The molecule has 1 saturated carbocycles. The first-order valence-corrected chi connectivity index (χ1v) is 7.47. The highest BCUT2D eigenvalue weighted by Crippen LogP contribution is 2.18. The van der Waals surface area contributed by atoms with Crippen molar-refractivity contribution < 1.29 is 4.79 Å². The van der Waals surface area contributed by atoms with Crippen molar-refractivity contribution >= 4 is 5.91 Å². The van der Waals surface area contributed by atoms with Gasteiger partial charge < -0.3 is 5.32 Å². The SMILES string of the molecule is N#Cc1cc(C(=O)NC2CCCCC2)nc(-n2ccnc2)c1. The Balaban J connectivity index is 1.84. The average Bonchev–Trinajstić information content (AvgIpc) is 3.10. The zero-order valence-electron chi connectivity index (χ0n) is 12.2. The van der Waals surface area contributed by atoms with Crippen molar-refractivity contribution in [3.05, 3.63) is 42.1 Å². The topological polar surface area (TPSA) is 83.6 Å². The van der Waals surface area contributed by atoms with Gasteiger partial charge in [0.1, 0.15) is 17.8 Å². The van der Waals surface area contributed by atoms with Crippen LogP contribution in [0.2, 0.25) is 0 Å². The Kier molecular flexibility index (Phi) is 4.15. The summed E-state index contributed by atoms with van der Waals surface area (Å²) in [5, 5.41) is 12.2. The van der Waals surface area contributed by atoms with Crippen LogP contribution in [0.5, 0.6) is 0 Å². The van der Waals surface area contributed by atoms with E-state index in [1.807, 2.05) is 0 Å². The first-order valence-electron chi connectivity index (χ1n) is 7.47. The van der Waals surface area contributed by atoms with Gasteiger partial charge in [0.15, 0.2) is 0 Å². The van der Waals surface area contributed by atoms with Gasteiger partial charge in [0.25, 0.3) is 5.91 Å². The quantitative estimate of drug-likeness (QED) is 0.941. The predicted molar refractivity (Wildman–Crippen MR) is 80.4 cm³/mol. The molecule has 0 spiro atoms. The minimum absolute atomic E-state index is 0.213. The molecule has 0 aromatic carbocycles. The van der Waals surface area contributed by atoms with Crippen LogP contribution in [0.25, 0.3) is 5.82 Å². The molecule has 112 valence electrons. The second-order valence-electron chi connectivity index (χ2n) is 5.49. The van der Waals surface area contributed by atoms with Gasteiger partial charge in [0.05, 0.1) is 11.6 Å². The number of imidazole rings is 1. The van der Waals surface area contributed by atoms with Crippen LogP contribution in [-0.2, 0) is 0 Å². The minimum Gasteiger partial charge on any atom is -0.348 e. The van der Waals surface area contributed by atoms with Gasteiger partial charge in [0.2, 0.25) is 0 Å². The molecule has 0 atom stereocenters. The van der Waals surface area contributed by atoms with Gasteiger partial charge >= 0.3 is 0 Å². The summed E-state index contributed by atoms with van der Waals surface area (Å²) in [6.45, 7) is 0. The lowest BCUT2D eigenvalue weighted by Gasteiger charge is -2.22. The van der Waals surface area contributed by atoms with Crippen molar-refractivity contribution in [2.45, 2.75) is 38.1 Å². The van der Waals surface area contributed by atoms with Gasteiger partial charge in [-0.2, -0.15) is 5.26 Å². The molecule has 22 heavy (non-hydrogen) atoms. The van der Waals surface area contributed by atoms with E-state index >= 15 is 0 Å². The van der Waals surface area contributed by atoms with Crippen molar-refractivity contribution in [3.8, 4) is 11.9 Å². The molecule has 2 aromatic rings. The number of nitrogens with one attached hydrogen (secondary N) is 1. The second kappa shape index (κ2) is 6.39. The number of pyridine rings is 1. The molecular formula is C16H17N5O. The molecule has 1 amide bonds. The lowest BCUT2D eigenvalue weighted by molar-refractivity contribution is 0.0922. The van der Waals surface area contributed by atoms with Crippen molar-refractivity contribution in [2.24, 2.45) is 0 Å². The highest BCUT2D eigenvalue weighted by Gasteiger charge is 2.18. The molecule has 1 aliphatic rings. The third-order valence-corrected chi connectivity index (χ3v) is 3.88. The zero-order chi connectivity index (χ0) is 15.4. The van der Waals surface area contributed by atoms with Gasteiger partial charge in [-0.25, -0.2) is 9.97 Å². The number of hydrogen-bond acceptors (Lipinski definition) is 4. The maximum atomic E-state index is 12.4. The molecule has 0 saturated heterocycles. The van der Waals surface area contributed by atoms with Gasteiger partial charge in [-0.3, -0.25) is 9.36 Å². The molecule has 6 heteroatoms. The van der Waals surface area contributed by atoms with E-state index in [-0.39, 0.29) is 17.6 Å². The van der Waals surface area contributed by atoms with E-state index < -0.39 is 0 Å². The van der Waals surface area contributed by atoms with Gasteiger partial charge in [-0.1, -0.05) is 19.3 Å². The molecule has 6 nitrogen and oxygen atoms in total. The summed E-state index contributed by atoms with van der Waals surface area (Å²) in [6, 6.07) is 5.45. The van der Waals surface area contributed by atoms with Crippen LogP contribution in [0.1, 0.15) is 48.2 Å². The molecule has 0 radical (unpaired) electrons. The van der Waals surface area contributed by atoms with Gasteiger partial charge in [0, 0.05) is 18.4 Å². The number of nitrogens with zero attached hydrogens (tertiary/aromatic N) is 4. The van der Waals surface area contributed by atoms with Crippen LogP contribution in [0, 0.1) is 11.3 Å². The van der Waals surface area contributed by atoms with Crippen LogP contribution < -0.4 is 5.32 Å². The second-order valence-corrected chi connectivity index (χ2v) is 5.49. The Morgan fingerprint density at radius 3 is 2.82 bits per heavy atom. The fraction of sp³-hybridized carbons (Fsp3) is 0.375. The normalized spacial score (nSPS) is 15.2. The van der Waals surface area contributed by atoms with Crippen LogP contribution in [0.3, 0.4) is 0 Å². The summed E-state index contributed by atoms with van der Waals surface area (Å²) in [5.74, 6) is 0.302. The molecule has 0 aliphatic heterocycles. The van der Waals surface area contributed by atoms with Crippen molar-refractivity contribution in [1.82, 2.24) is 19.9 Å². The monoisotopic (exact) mass is 295 g/mol.